The van der Waals surface area contributed by atoms with Crippen LogP contribution in [-0.2, 0) is 19.6 Å². The fourth-order valence-electron chi connectivity index (χ4n) is 1.89. The van der Waals surface area contributed by atoms with Gasteiger partial charge in [-0.1, -0.05) is 11.6 Å². The molecule has 0 aliphatic carbocycles. The number of likely N-dealkylation sites (N-methyl/N-ethyl adjacent to an activating group) is 1. The smallest absolute Gasteiger partial charge is 0.305 e. The summed E-state index contributed by atoms with van der Waals surface area (Å²) in [6.45, 7) is 3.43. The Balaban J connectivity index is 2.79. The third-order valence-electron chi connectivity index (χ3n) is 3.12. The number of aliphatic carboxylic acids is 1. The van der Waals surface area contributed by atoms with Crippen molar-refractivity contribution in [3.63, 3.8) is 0 Å². The molecule has 1 unspecified atom stereocenters. The van der Waals surface area contributed by atoms with Gasteiger partial charge in [0, 0.05) is 18.1 Å². The lowest BCUT2D eigenvalue weighted by molar-refractivity contribution is -0.138. The number of rotatable bonds is 8. The third kappa shape index (κ3) is 5.81. The monoisotopic (exact) mass is 362 g/mol. The molecule has 1 rings (SSSR count). The fourth-order valence-corrected chi connectivity index (χ4v) is 3.22. The molecule has 0 saturated carbocycles. The van der Waals surface area contributed by atoms with E-state index in [1.165, 1.54) is 36.1 Å². The van der Waals surface area contributed by atoms with Crippen molar-refractivity contribution in [1.82, 2.24) is 9.62 Å². The van der Waals surface area contributed by atoms with Crippen LogP contribution < -0.4 is 4.72 Å². The summed E-state index contributed by atoms with van der Waals surface area (Å²) in [5, 5.41) is 9.08. The highest BCUT2D eigenvalue weighted by atomic mass is 35.5. The summed E-state index contributed by atoms with van der Waals surface area (Å²) in [5.41, 5.74) is 0. The summed E-state index contributed by atoms with van der Waals surface area (Å²) in [7, 11) is -3.87. The summed E-state index contributed by atoms with van der Waals surface area (Å²) in [6, 6.07) is 4.54. The van der Waals surface area contributed by atoms with Gasteiger partial charge in [0.2, 0.25) is 15.9 Å². The molecule has 1 aromatic carbocycles. The van der Waals surface area contributed by atoms with Gasteiger partial charge in [0.1, 0.15) is 0 Å². The Morgan fingerprint density at radius 2 is 1.87 bits per heavy atom. The largest absolute Gasteiger partial charge is 0.481 e. The van der Waals surface area contributed by atoms with Gasteiger partial charge in [-0.25, -0.2) is 8.42 Å². The highest BCUT2D eigenvalue weighted by molar-refractivity contribution is 7.89. The molecular formula is C14H19ClN2O5S. The Kier molecular flexibility index (Phi) is 6.99. The Hall–Kier alpha value is -1.64. The number of carboxylic acid groups (broad SMARTS) is 1. The van der Waals surface area contributed by atoms with Crippen molar-refractivity contribution in [3.05, 3.63) is 29.3 Å². The SMILES string of the molecule is CCN(CCC(=O)O)C(=O)C(C)NS(=O)(=O)c1ccc(Cl)cc1. The standard InChI is InChI=1S/C14H19ClN2O5S/c1-3-17(9-8-13(18)19)14(20)10(2)16-23(21,22)12-6-4-11(15)5-7-12/h4-7,10,16H,3,8-9H2,1-2H3,(H,18,19). The summed E-state index contributed by atoms with van der Waals surface area (Å²) in [4.78, 5) is 24.1. The molecule has 0 saturated heterocycles. The first-order valence-corrected chi connectivity index (χ1v) is 8.82. The van der Waals surface area contributed by atoms with Gasteiger partial charge in [0.25, 0.3) is 0 Å². The predicted octanol–water partition coefficient (Wildman–Crippen LogP) is 1.33. The predicted molar refractivity (Wildman–Crippen MR) is 85.7 cm³/mol. The van der Waals surface area contributed by atoms with Crippen LogP contribution in [0.15, 0.2) is 29.2 Å². The molecule has 1 atom stereocenters. The van der Waals surface area contributed by atoms with Gasteiger partial charge < -0.3 is 10.0 Å². The number of nitrogens with one attached hydrogen (secondary N) is 1. The molecular weight excluding hydrogens is 344 g/mol. The van der Waals surface area contributed by atoms with E-state index in [0.717, 1.165) is 0 Å². The topological polar surface area (TPSA) is 104 Å². The molecule has 0 spiro atoms. The summed E-state index contributed by atoms with van der Waals surface area (Å²) >= 11 is 5.71. The van der Waals surface area contributed by atoms with E-state index < -0.39 is 27.9 Å². The number of carbonyl (C=O) groups is 2. The normalized spacial score (nSPS) is 12.7. The quantitative estimate of drug-likeness (QED) is 0.726. The maximum atomic E-state index is 12.2. The minimum atomic E-state index is -3.87. The minimum Gasteiger partial charge on any atom is -0.481 e. The van der Waals surface area contributed by atoms with E-state index in [1.807, 2.05) is 0 Å². The van der Waals surface area contributed by atoms with Gasteiger partial charge in [-0.2, -0.15) is 4.72 Å². The van der Waals surface area contributed by atoms with Crippen LogP contribution in [0.25, 0.3) is 0 Å². The maximum absolute atomic E-state index is 12.2. The van der Waals surface area contributed by atoms with Crippen LogP contribution in [0.3, 0.4) is 0 Å². The molecule has 0 aliphatic rings. The van der Waals surface area contributed by atoms with E-state index >= 15 is 0 Å². The number of nitrogens with zero attached hydrogens (tertiary/aromatic N) is 1. The fraction of sp³-hybridized carbons (Fsp3) is 0.429. The zero-order valence-corrected chi connectivity index (χ0v) is 14.4. The van der Waals surface area contributed by atoms with Crippen LogP contribution in [0.5, 0.6) is 0 Å². The van der Waals surface area contributed by atoms with Crippen molar-refractivity contribution in [2.24, 2.45) is 0 Å². The molecule has 0 aromatic heterocycles. The molecule has 2 N–H and O–H groups in total. The second-order valence-electron chi connectivity index (χ2n) is 4.86. The van der Waals surface area contributed by atoms with E-state index in [1.54, 1.807) is 6.92 Å². The molecule has 0 heterocycles. The number of halogens is 1. The van der Waals surface area contributed by atoms with Crippen molar-refractivity contribution >= 4 is 33.5 Å². The van der Waals surface area contributed by atoms with E-state index in [-0.39, 0.29) is 17.9 Å². The molecule has 0 bridgehead atoms. The highest BCUT2D eigenvalue weighted by Gasteiger charge is 2.25. The van der Waals surface area contributed by atoms with Crippen LogP contribution in [0.1, 0.15) is 20.3 Å². The number of hydrogen-bond acceptors (Lipinski definition) is 4. The zero-order chi connectivity index (χ0) is 17.6. The third-order valence-corrected chi connectivity index (χ3v) is 4.92. The Labute approximate surface area is 140 Å². The average molecular weight is 363 g/mol. The maximum Gasteiger partial charge on any atom is 0.305 e. The molecule has 9 heteroatoms. The van der Waals surface area contributed by atoms with Gasteiger partial charge in [-0.05, 0) is 38.1 Å². The van der Waals surface area contributed by atoms with Gasteiger partial charge in [-0.15, -0.1) is 0 Å². The molecule has 0 fully saturated rings. The van der Waals surface area contributed by atoms with Crippen LogP contribution in [0.2, 0.25) is 5.02 Å². The molecule has 0 radical (unpaired) electrons. The van der Waals surface area contributed by atoms with Crippen molar-refractivity contribution in [2.75, 3.05) is 13.1 Å². The lowest BCUT2D eigenvalue weighted by atomic mass is 10.3. The lowest BCUT2D eigenvalue weighted by Crippen LogP contribution is -2.47. The number of amides is 1. The molecule has 1 aromatic rings. The number of sulfonamides is 1. The Morgan fingerprint density at radius 1 is 1.30 bits per heavy atom. The second kappa shape index (κ2) is 8.28. The second-order valence-corrected chi connectivity index (χ2v) is 7.01. The van der Waals surface area contributed by atoms with Gasteiger partial charge >= 0.3 is 5.97 Å². The number of carboxylic acids is 1. The van der Waals surface area contributed by atoms with E-state index in [4.69, 9.17) is 16.7 Å². The first-order chi connectivity index (χ1) is 10.7. The van der Waals surface area contributed by atoms with E-state index in [0.29, 0.717) is 11.6 Å². The molecule has 1 amide bonds. The van der Waals surface area contributed by atoms with E-state index in [2.05, 4.69) is 4.72 Å². The van der Waals surface area contributed by atoms with Gasteiger partial charge in [0.15, 0.2) is 0 Å². The molecule has 128 valence electrons. The first kappa shape index (κ1) is 19.4. The van der Waals surface area contributed by atoms with Crippen molar-refractivity contribution < 1.29 is 23.1 Å². The van der Waals surface area contributed by atoms with Crippen molar-refractivity contribution in [2.45, 2.75) is 31.2 Å². The van der Waals surface area contributed by atoms with Gasteiger partial charge in [0.05, 0.1) is 17.4 Å². The van der Waals surface area contributed by atoms with E-state index in [9.17, 15) is 18.0 Å². The van der Waals surface area contributed by atoms with Crippen molar-refractivity contribution in [3.8, 4) is 0 Å². The average Bonchev–Trinajstić information content (AvgIpc) is 2.47. The Bertz CT molecular complexity index is 660. The van der Waals surface area contributed by atoms with Crippen LogP contribution >= 0.6 is 11.6 Å². The van der Waals surface area contributed by atoms with Crippen LogP contribution in [0, 0.1) is 0 Å². The Morgan fingerprint density at radius 3 is 2.35 bits per heavy atom. The number of hydrogen-bond donors (Lipinski definition) is 2. The zero-order valence-electron chi connectivity index (χ0n) is 12.8. The first-order valence-electron chi connectivity index (χ1n) is 6.96. The summed E-state index contributed by atoms with van der Waals surface area (Å²) < 4.78 is 26.7. The van der Waals surface area contributed by atoms with Crippen LogP contribution in [0.4, 0.5) is 0 Å². The molecule has 23 heavy (non-hydrogen) atoms. The summed E-state index contributed by atoms with van der Waals surface area (Å²) in [6.07, 6.45) is -0.198. The molecule has 0 aliphatic heterocycles. The number of benzene rings is 1. The lowest BCUT2D eigenvalue weighted by Gasteiger charge is -2.24. The minimum absolute atomic E-state index is 0.00451. The molecule has 7 nitrogen and oxygen atoms in total. The highest BCUT2D eigenvalue weighted by Crippen LogP contribution is 2.14. The van der Waals surface area contributed by atoms with Gasteiger partial charge in [-0.3, -0.25) is 9.59 Å². The summed E-state index contributed by atoms with van der Waals surface area (Å²) in [5.74, 6) is -1.50. The van der Waals surface area contributed by atoms with Crippen LogP contribution in [-0.4, -0.2) is 49.4 Å². The number of carbonyl (C=O) groups excluding carboxylic acids is 1. The van der Waals surface area contributed by atoms with Crippen molar-refractivity contribution in [1.29, 1.82) is 0 Å².